The highest BCUT2D eigenvalue weighted by atomic mass is 32.2. The fraction of sp³-hybridized carbons (Fsp3) is 0.444. The number of aromatic hydroxyl groups is 1. The predicted octanol–water partition coefficient (Wildman–Crippen LogP) is -0.217. The van der Waals surface area contributed by atoms with Crippen LogP contribution in [0, 0.1) is 6.92 Å². The lowest BCUT2D eigenvalue weighted by molar-refractivity contribution is -0.163. The molecule has 1 heterocycles. The minimum atomic E-state index is -3.05. The molecule has 1 aromatic carbocycles. The summed E-state index contributed by atoms with van der Waals surface area (Å²) in [5, 5.41) is 19.4. The lowest BCUT2D eigenvalue weighted by Gasteiger charge is -2.49. The third-order valence-corrected chi connectivity index (χ3v) is 6.06. The summed E-state index contributed by atoms with van der Waals surface area (Å²) in [6.07, 6.45) is -1.20. The molecule has 4 N–H and O–H groups in total. The van der Waals surface area contributed by atoms with Crippen molar-refractivity contribution >= 4 is 35.0 Å². The van der Waals surface area contributed by atoms with Gasteiger partial charge in [0.25, 0.3) is 5.91 Å². The van der Waals surface area contributed by atoms with Gasteiger partial charge >= 0.3 is 12.1 Å². The van der Waals surface area contributed by atoms with Crippen LogP contribution in [0.3, 0.4) is 0 Å². The van der Waals surface area contributed by atoms with Gasteiger partial charge in [0.05, 0.1) is 10.3 Å². The zero-order valence-electron chi connectivity index (χ0n) is 16.9. The number of hydrogen-bond acceptors (Lipinski definition) is 8. The molecule has 1 aliphatic rings. The van der Waals surface area contributed by atoms with E-state index in [0.717, 1.165) is 11.8 Å². The molecule has 1 saturated heterocycles. The van der Waals surface area contributed by atoms with Crippen LogP contribution in [-0.2, 0) is 25.4 Å². The van der Waals surface area contributed by atoms with E-state index in [0.29, 0.717) is 5.56 Å². The van der Waals surface area contributed by atoms with Gasteiger partial charge in [-0.1, -0.05) is 12.1 Å². The summed E-state index contributed by atoms with van der Waals surface area (Å²) >= 11 is -3.05. The standard InChI is InChI=1S/C18H23N3O9S/c1-9-5-4-6-11(13(9)23)15(24)19-20-17(27)30-8-18(3,31(28)29)14(16(25)26)21-10(2)7-12(21)22/h4-6,10,14,23H,7-8H2,1-3H3,(H,19,24)(H,20,27)(H,25,26)(H,28,29)/p-1/t10-,14+,18+/m1/s1. The van der Waals surface area contributed by atoms with Gasteiger partial charge < -0.3 is 24.4 Å². The number of phenolic OH excluding ortho intramolecular Hbond substituents is 1. The molecule has 0 aliphatic carbocycles. The van der Waals surface area contributed by atoms with Crippen molar-refractivity contribution in [2.24, 2.45) is 0 Å². The van der Waals surface area contributed by atoms with Gasteiger partial charge in [-0.2, -0.15) is 0 Å². The van der Waals surface area contributed by atoms with Crippen LogP contribution < -0.4 is 10.9 Å². The van der Waals surface area contributed by atoms with Gasteiger partial charge in [-0.05, 0) is 43.5 Å². The first-order chi connectivity index (χ1) is 14.4. The molecule has 1 fully saturated rings. The number of hydrazine groups is 1. The Morgan fingerprint density at radius 1 is 1.39 bits per heavy atom. The number of ether oxygens (including phenoxy) is 1. The number of β-lactam (4-membered cyclic amide) rings is 1. The summed E-state index contributed by atoms with van der Waals surface area (Å²) in [6.45, 7) is 3.26. The molecule has 12 nitrogen and oxygen atoms in total. The summed E-state index contributed by atoms with van der Waals surface area (Å²) in [6, 6.07) is 2.12. The maximum atomic E-state index is 12.1. The van der Waals surface area contributed by atoms with Crippen molar-refractivity contribution in [1.82, 2.24) is 15.8 Å². The Labute approximate surface area is 179 Å². The van der Waals surface area contributed by atoms with Gasteiger partial charge in [0.15, 0.2) is 0 Å². The number of carboxylic acid groups (broad SMARTS) is 1. The van der Waals surface area contributed by atoms with Crippen LogP contribution in [0.15, 0.2) is 18.2 Å². The van der Waals surface area contributed by atoms with Crippen LogP contribution in [0.5, 0.6) is 5.75 Å². The molecule has 170 valence electrons. The lowest BCUT2D eigenvalue weighted by atomic mass is 9.92. The number of carbonyl (C=O) groups excluding carboxylic acids is 3. The van der Waals surface area contributed by atoms with E-state index in [4.69, 9.17) is 4.74 Å². The molecule has 3 amide bonds. The van der Waals surface area contributed by atoms with E-state index in [-0.39, 0.29) is 17.7 Å². The van der Waals surface area contributed by atoms with Crippen molar-refractivity contribution in [2.75, 3.05) is 6.61 Å². The molecule has 1 aliphatic heterocycles. The highest BCUT2D eigenvalue weighted by Crippen LogP contribution is 2.31. The van der Waals surface area contributed by atoms with Crippen molar-refractivity contribution in [3.63, 3.8) is 0 Å². The molecule has 1 aromatic rings. The topological polar surface area (TPSA) is 185 Å². The van der Waals surface area contributed by atoms with E-state index >= 15 is 0 Å². The monoisotopic (exact) mass is 456 g/mol. The number of carboxylic acids is 1. The number of hydrogen-bond donors (Lipinski definition) is 4. The first-order valence-electron chi connectivity index (χ1n) is 9.05. The molecule has 0 aromatic heterocycles. The maximum absolute atomic E-state index is 12.1. The fourth-order valence-corrected chi connectivity index (χ4v) is 3.69. The van der Waals surface area contributed by atoms with Crippen molar-refractivity contribution in [2.45, 2.75) is 44.0 Å². The van der Waals surface area contributed by atoms with Gasteiger partial charge in [0.1, 0.15) is 18.4 Å². The molecule has 1 unspecified atom stereocenters. The Bertz CT molecular complexity index is 938. The smallest absolute Gasteiger partial charge is 0.426 e. The van der Waals surface area contributed by atoms with Crippen LogP contribution in [0.2, 0.25) is 0 Å². The predicted molar refractivity (Wildman–Crippen MR) is 104 cm³/mol. The third-order valence-electron chi connectivity index (χ3n) is 4.95. The molecule has 4 atom stereocenters. The van der Waals surface area contributed by atoms with Crippen molar-refractivity contribution in [3.8, 4) is 5.75 Å². The van der Waals surface area contributed by atoms with E-state index in [1.807, 2.05) is 10.9 Å². The highest BCUT2D eigenvalue weighted by molar-refractivity contribution is 7.80. The molecule has 13 heteroatoms. The summed E-state index contributed by atoms with van der Waals surface area (Å²) < 4.78 is 26.3. The first kappa shape index (κ1) is 24.1. The number of nitrogens with one attached hydrogen (secondary N) is 2. The van der Waals surface area contributed by atoms with Gasteiger partial charge in [0, 0.05) is 12.5 Å². The second-order valence-corrected chi connectivity index (χ2v) is 8.67. The zero-order chi connectivity index (χ0) is 23.5. The number of para-hydroxylation sites is 1. The molecular weight excluding hydrogens is 434 g/mol. The zero-order valence-corrected chi connectivity index (χ0v) is 17.7. The minimum Gasteiger partial charge on any atom is -0.772 e. The summed E-state index contributed by atoms with van der Waals surface area (Å²) in [5.74, 6) is -3.26. The first-order valence-corrected chi connectivity index (χ1v) is 10.1. The lowest BCUT2D eigenvalue weighted by Crippen LogP contribution is -2.68. The molecule has 31 heavy (non-hydrogen) atoms. The number of phenols is 1. The molecule has 0 saturated carbocycles. The second-order valence-electron chi connectivity index (χ2n) is 7.27. The number of likely N-dealkylation sites (tertiary alicyclic amines) is 1. The summed E-state index contributed by atoms with van der Waals surface area (Å²) in [7, 11) is 0. The van der Waals surface area contributed by atoms with E-state index in [1.165, 1.54) is 12.1 Å². The second kappa shape index (κ2) is 9.31. The van der Waals surface area contributed by atoms with Crippen molar-refractivity contribution < 1.29 is 42.9 Å². The van der Waals surface area contributed by atoms with Crippen LogP contribution in [0.25, 0.3) is 0 Å². The number of carbonyl (C=O) groups is 4. The van der Waals surface area contributed by atoms with Crippen LogP contribution in [0.1, 0.15) is 36.2 Å². The molecule has 0 spiro atoms. The van der Waals surface area contributed by atoms with Gasteiger partial charge in [-0.3, -0.25) is 19.2 Å². The van der Waals surface area contributed by atoms with E-state index in [2.05, 4.69) is 0 Å². The average Bonchev–Trinajstić information content (AvgIpc) is 2.69. The van der Waals surface area contributed by atoms with Gasteiger partial charge in [-0.15, -0.1) is 0 Å². The summed E-state index contributed by atoms with van der Waals surface area (Å²) in [4.78, 5) is 48.5. The number of nitrogens with zero attached hydrogens (tertiary/aromatic N) is 1. The van der Waals surface area contributed by atoms with Crippen LogP contribution >= 0.6 is 0 Å². The third kappa shape index (κ3) is 4.94. The molecular formula is C18H22N3O9S-. The Balaban J connectivity index is 2.05. The van der Waals surface area contributed by atoms with Gasteiger partial charge in [-0.25, -0.2) is 15.0 Å². The normalized spacial score (nSPS) is 19.4. The highest BCUT2D eigenvalue weighted by Gasteiger charge is 2.52. The number of benzene rings is 1. The van der Waals surface area contributed by atoms with Crippen LogP contribution in [0.4, 0.5) is 4.79 Å². The average molecular weight is 456 g/mol. The van der Waals surface area contributed by atoms with Crippen LogP contribution in [-0.4, -0.2) is 71.2 Å². The Morgan fingerprint density at radius 2 is 2.03 bits per heavy atom. The van der Waals surface area contributed by atoms with E-state index in [9.17, 15) is 38.2 Å². The fourth-order valence-electron chi connectivity index (χ4n) is 3.14. The number of aryl methyl sites for hydroxylation is 1. The Kier molecular flexibility index (Phi) is 7.23. The van der Waals surface area contributed by atoms with Crippen molar-refractivity contribution in [3.05, 3.63) is 29.3 Å². The Morgan fingerprint density at radius 3 is 2.55 bits per heavy atom. The summed E-state index contributed by atoms with van der Waals surface area (Å²) in [5.41, 5.74) is 4.17. The quantitative estimate of drug-likeness (QED) is 0.244. The number of aliphatic carboxylic acids is 1. The van der Waals surface area contributed by atoms with E-state index in [1.54, 1.807) is 19.9 Å². The molecule has 0 bridgehead atoms. The number of amides is 3. The Hall–Kier alpha value is -3.19. The van der Waals surface area contributed by atoms with E-state index < -0.39 is 58.4 Å². The maximum Gasteiger partial charge on any atom is 0.426 e. The SMILES string of the molecule is Cc1cccc(C(=O)NNC(=O)OC[C@@](C)([C@H](C(=O)O)N2C(=O)C[C@H]2C)S(=O)[O-])c1O. The van der Waals surface area contributed by atoms with Gasteiger partial charge in [0.2, 0.25) is 5.91 Å². The minimum absolute atomic E-state index is 0.0739. The molecule has 2 rings (SSSR count). The largest absolute Gasteiger partial charge is 0.772 e. The number of rotatable bonds is 7. The van der Waals surface area contributed by atoms with Crippen molar-refractivity contribution in [1.29, 1.82) is 0 Å². The molecule has 0 radical (unpaired) electrons.